The molecule has 0 atom stereocenters. The maximum atomic E-state index is 2.56. The minimum absolute atomic E-state index is 0.376. The highest BCUT2D eigenvalue weighted by molar-refractivity contribution is 6.27. The molecule has 2 aromatic heterocycles. The first-order valence-electron chi connectivity index (χ1n) is 21.0. The average molecular weight is 740 g/mol. The third kappa shape index (κ3) is 4.01. The van der Waals surface area contributed by atoms with Crippen molar-refractivity contribution in [3.8, 4) is 33.4 Å². The van der Waals surface area contributed by atoms with Gasteiger partial charge in [-0.15, -0.1) is 0 Å². The maximum absolute atomic E-state index is 2.56. The number of rotatable bonds is 3. The van der Waals surface area contributed by atoms with E-state index in [0.717, 1.165) is 0 Å². The lowest BCUT2D eigenvalue weighted by atomic mass is 9.70. The van der Waals surface area contributed by atoms with E-state index in [2.05, 4.69) is 196 Å². The van der Waals surface area contributed by atoms with Crippen molar-refractivity contribution < 1.29 is 0 Å². The Morgan fingerprint density at radius 1 is 0.362 bits per heavy atom. The van der Waals surface area contributed by atoms with Gasteiger partial charge in [0.05, 0.1) is 22.0 Å². The highest BCUT2D eigenvalue weighted by Crippen LogP contribution is 2.63. The second-order valence-corrected chi connectivity index (χ2v) is 17.7. The number of benzene rings is 9. The largest absolute Gasteiger partial charge is 0.308 e. The van der Waals surface area contributed by atoms with Crippen molar-refractivity contribution in [2.75, 3.05) is 0 Å². The lowest BCUT2D eigenvalue weighted by molar-refractivity contribution is 0.794. The summed E-state index contributed by atoms with van der Waals surface area (Å²) in [7, 11) is 0. The summed E-state index contributed by atoms with van der Waals surface area (Å²) >= 11 is 0. The van der Waals surface area contributed by atoms with Crippen molar-refractivity contribution >= 4 is 59.6 Å². The van der Waals surface area contributed by atoms with Gasteiger partial charge < -0.3 is 4.40 Å². The zero-order valence-electron chi connectivity index (χ0n) is 33.2. The molecule has 58 heavy (non-hydrogen) atoms. The molecule has 2 aliphatic carbocycles. The molecule has 13 rings (SSSR count). The molecule has 1 nitrogen and oxygen atoms in total. The maximum Gasteiger partial charge on any atom is 0.0725 e. The van der Waals surface area contributed by atoms with Gasteiger partial charge in [-0.1, -0.05) is 149 Å². The van der Waals surface area contributed by atoms with E-state index in [-0.39, 0.29) is 5.41 Å². The van der Waals surface area contributed by atoms with E-state index in [1.165, 1.54) is 126 Å². The highest BCUT2D eigenvalue weighted by Gasteiger charge is 2.51. The van der Waals surface area contributed by atoms with Gasteiger partial charge in [-0.05, 0) is 143 Å². The van der Waals surface area contributed by atoms with Crippen LogP contribution in [0.2, 0.25) is 0 Å². The molecule has 0 N–H and O–H groups in total. The summed E-state index contributed by atoms with van der Waals surface area (Å²) in [5, 5.41) is 10.5. The normalized spacial score (nSPS) is 14.0. The molecule has 11 aromatic rings. The second kappa shape index (κ2) is 11.2. The number of hydrogen-bond acceptors (Lipinski definition) is 0. The van der Waals surface area contributed by atoms with Crippen molar-refractivity contribution in [1.82, 2.24) is 4.40 Å². The Morgan fingerprint density at radius 3 is 1.31 bits per heavy atom. The minimum atomic E-state index is -0.376. The molecule has 0 amide bonds. The molecule has 274 valence electrons. The number of hydrogen-bond donors (Lipinski definition) is 0. The van der Waals surface area contributed by atoms with Crippen LogP contribution in [-0.2, 0) is 5.41 Å². The van der Waals surface area contributed by atoms with Crippen molar-refractivity contribution in [3.63, 3.8) is 0 Å². The SMILES string of the molecule is CC(C)c1ccc2cc3c(cc2c1)c1cc(-c2ccc4c(c2)C2(c5ccccc5-c5ccccc52)c2ccccc2-4)cc2c4cc5cc(C(C)C)ccc5cc4n3c12. The molecule has 0 radical (unpaired) electrons. The van der Waals surface area contributed by atoms with Crippen molar-refractivity contribution in [2.45, 2.75) is 44.9 Å². The van der Waals surface area contributed by atoms with E-state index in [1.807, 2.05) is 0 Å². The van der Waals surface area contributed by atoms with Crippen LogP contribution in [0.15, 0.2) is 164 Å². The zero-order valence-corrected chi connectivity index (χ0v) is 33.2. The van der Waals surface area contributed by atoms with Crippen LogP contribution in [0.25, 0.3) is 93.0 Å². The average Bonchev–Trinajstić information content (AvgIpc) is 3.95. The van der Waals surface area contributed by atoms with E-state index in [9.17, 15) is 0 Å². The summed E-state index contributed by atoms with van der Waals surface area (Å²) in [6, 6.07) is 63.5. The van der Waals surface area contributed by atoms with E-state index in [0.29, 0.717) is 11.8 Å². The molecule has 0 saturated heterocycles. The third-order valence-corrected chi connectivity index (χ3v) is 14.0. The van der Waals surface area contributed by atoms with Gasteiger partial charge in [-0.25, -0.2) is 0 Å². The summed E-state index contributed by atoms with van der Waals surface area (Å²) < 4.78 is 2.56. The quantitative estimate of drug-likeness (QED) is 0.170. The molecule has 0 unspecified atom stereocenters. The topological polar surface area (TPSA) is 4.41 Å². The van der Waals surface area contributed by atoms with Crippen molar-refractivity contribution in [1.29, 1.82) is 0 Å². The van der Waals surface area contributed by atoms with Gasteiger partial charge in [-0.2, -0.15) is 0 Å². The van der Waals surface area contributed by atoms with E-state index in [1.54, 1.807) is 0 Å². The molecular formula is C57H41N. The van der Waals surface area contributed by atoms with Crippen LogP contribution in [-0.4, -0.2) is 4.40 Å². The van der Waals surface area contributed by atoms with E-state index < -0.39 is 0 Å². The first-order valence-corrected chi connectivity index (χ1v) is 21.0. The van der Waals surface area contributed by atoms with Gasteiger partial charge in [0.15, 0.2) is 0 Å². The van der Waals surface area contributed by atoms with Crippen LogP contribution in [0.1, 0.15) is 72.9 Å². The second-order valence-electron chi connectivity index (χ2n) is 17.7. The van der Waals surface area contributed by atoms with Gasteiger partial charge in [0, 0.05) is 21.5 Å². The lowest BCUT2D eigenvalue weighted by Crippen LogP contribution is -2.25. The van der Waals surface area contributed by atoms with Gasteiger partial charge in [0.2, 0.25) is 0 Å². The monoisotopic (exact) mass is 739 g/mol. The minimum Gasteiger partial charge on any atom is -0.308 e. The predicted octanol–water partition coefficient (Wildman–Crippen LogP) is 15.4. The summed E-state index contributed by atoms with van der Waals surface area (Å²) in [6.45, 7) is 9.15. The third-order valence-electron chi connectivity index (χ3n) is 14.0. The number of fused-ring (bicyclic) bond motifs is 18. The van der Waals surface area contributed by atoms with Crippen LogP contribution in [0.5, 0.6) is 0 Å². The molecule has 2 aliphatic rings. The van der Waals surface area contributed by atoms with Gasteiger partial charge in [0.25, 0.3) is 0 Å². The molecule has 0 fully saturated rings. The Kier molecular flexibility index (Phi) is 6.28. The Balaban J connectivity index is 1.13. The fraction of sp³-hybridized carbons (Fsp3) is 0.123. The fourth-order valence-electron chi connectivity index (χ4n) is 11.2. The molecule has 0 saturated carbocycles. The van der Waals surface area contributed by atoms with E-state index >= 15 is 0 Å². The number of nitrogens with zero attached hydrogens (tertiary/aromatic N) is 1. The Morgan fingerprint density at radius 2 is 0.828 bits per heavy atom. The lowest BCUT2D eigenvalue weighted by Gasteiger charge is -2.30. The van der Waals surface area contributed by atoms with Crippen molar-refractivity contribution in [2.24, 2.45) is 0 Å². The smallest absolute Gasteiger partial charge is 0.0725 e. The summed E-state index contributed by atoms with van der Waals surface area (Å²) in [5.41, 5.74) is 19.6. The molecular weight excluding hydrogens is 699 g/mol. The Labute approximate surface area is 338 Å². The Hall–Kier alpha value is -6.70. The molecule has 9 aromatic carbocycles. The van der Waals surface area contributed by atoms with Crippen LogP contribution < -0.4 is 0 Å². The molecule has 2 heterocycles. The number of aromatic nitrogens is 1. The summed E-state index contributed by atoms with van der Waals surface area (Å²) in [6.07, 6.45) is 0. The first kappa shape index (κ1) is 32.4. The summed E-state index contributed by atoms with van der Waals surface area (Å²) in [5.74, 6) is 0.950. The highest BCUT2D eigenvalue weighted by atomic mass is 14.9. The summed E-state index contributed by atoms with van der Waals surface area (Å²) in [4.78, 5) is 0. The van der Waals surface area contributed by atoms with Gasteiger partial charge in [-0.3, -0.25) is 0 Å². The van der Waals surface area contributed by atoms with Crippen LogP contribution >= 0.6 is 0 Å². The molecule has 1 heteroatoms. The van der Waals surface area contributed by atoms with Gasteiger partial charge >= 0.3 is 0 Å². The first-order chi connectivity index (χ1) is 28.4. The van der Waals surface area contributed by atoms with Crippen LogP contribution in [0.3, 0.4) is 0 Å². The standard InChI is InChI=1S/C57H41N/c1-32(2)34-17-19-37-30-54-46(25-39(37)23-34)48-27-41(28-49-47-26-40-24-35(33(3)4)18-20-38(40)31-55(47)58(54)56(48)49)36-21-22-45-44-13-7-10-16-52(44)57(53(45)29-36)50-14-8-5-11-42(50)43-12-6-9-15-51(43)57/h5-33H,1-4H3. The fourth-order valence-corrected chi connectivity index (χ4v) is 11.2. The van der Waals surface area contributed by atoms with E-state index in [4.69, 9.17) is 0 Å². The molecule has 1 spiro atoms. The predicted molar refractivity (Wildman–Crippen MR) is 246 cm³/mol. The zero-order chi connectivity index (χ0) is 38.6. The van der Waals surface area contributed by atoms with Crippen LogP contribution in [0, 0.1) is 0 Å². The Bertz CT molecular complexity index is 3370. The van der Waals surface area contributed by atoms with Crippen LogP contribution in [0.4, 0.5) is 0 Å². The molecule has 0 bridgehead atoms. The van der Waals surface area contributed by atoms with Crippen molar-refractivity contribution in [3.05, 3.63) is 197 Å². The molecule has 0 aliphatic heterocycles. The van der Waals surface area contributed by atoms with Gasteiger partial charge in [0.1, 0.15) is 0 Å².